The maximum atomic E-state index is 13.9. The molecule has 0 spiro atoms. The number of rotatable bonds is 25. The average Bonchev–Trinajstić information content (AvgIpc) is 1.70. The molecule has 0 unspecified atom stereocenters. The number of carbonyl (C=O) groups excluding carboxylic acids is 4. The van der Waals surface area contributed by atoms with E-state index in [1.54, 1.807) is 13.2 Å². The number of ether oxygens (including phenoxy) is 1. The van der Waals surface area contributed by atoms with E-state index in [4.69, 9.17) is 16.3 Å². The fraction of sp³-hybridized carbons (Fsp3) is 0.412. The number of nitrogens with one attached hydrogen (secondary N) is 4. The second-order valence-electron chi connectivity index (χ2n) is 35.2. The molecule has 4 amide bonds. The van der Waals surface area contributed by atoms with Gasteiger partial charge in [-0.1, -0.05) is 163 Å². The average molecular weight is 1650 g/mol. The van der Waals surface area contributed by atoms with Gasteiger partial charge >= 0.3 is 0 Å². The number of amides is 4. The quantitative estimate of drug-likeness (QED) is 0.0436. The number of aromatic nitrogens is 4. The molecule has 8 heterocycles. The summed E-state index contributed by atoms with van der Waals surface area (Å²) in [7, 11) is 1.71. The van der Waals surface area contributed by atoms with Gasteiger partial charge in [0.1, 0.15) is 34.3 Å². The molecule has 17 nitrogen and oxygen atoms in total. The number of fused-ring (bicyclic) bond motifs is 4. The van der Waals surface area contributed by atoms with E-state index in [2.05, 4.69) is 150 Å². The van der Waals surface area contributed by atoms with Gasteiger partial charge in [-0.25, -0.2) is 4.39 Å². The molecule has 4 aromatic heterocycles. The Morgan fingerprint density at radius 2 is 0.653 bits per heavy atom. The predicted octanol–water partition coefficient (Wildman–Crippen LogP) is 20.8. The number of nitrogens with zero attached hydrogens (tertiary/aromatic N) is 8. The summed E-state index contributed by atoms with van der Waals surface area (Å²) in [4.78, 5) is 84.1. The first-order valence-electron chi connectivity index (χ1n) is 44.1. The molecule has 19 heteroatoms. The molecule has 0 saturated carbocycles. The van der Waals surface area contributed by atoms with Gasteiger partial charge in [0.25, 0.3) is 23.6 Å². The van der Waals surface area contributed by atoms with Crippen LogP contribution in [0.2, 0.25) is 5.02 Å². The van der Waals surface area contributed by atoms with Gasteiger partial charge in [-0.2, -0.15) is 0 Å². The zero-order chi connectivity index (χ0) is 85.1. The molecule has 121 heavy (non-hydrogen) atoms. The van der Waals surface area contributed by atoms with Gasteiger partial charge in [0.05, 0.1) is 7.11 Å². The molecule has 4 aliphatic rings. The van der Waals surface area contributed by atoms with Crippen molar-refractivity contribution >= 4 is 78.8 Å². The van der Waals surface area contributed by atoms with Gasteiger partial charge < -0.3 is 44.3 Å². The molecular formula is C102H126ClFN12O5. The van der Waals surface area contributed by atoms with Crippen LogP contribution in [0.1, 0.15) is 177 Å². The number of aromatic amines is 4. The molecule has 0 atom stereocenters. The van der Waals surface area contributed by atoms with Crippen LogP contribution in [0.3, 0.4) is 0 Å². The van der Waals surface area contributed by atoms with Gasteiger partial charge in [0, 0.05) is 131 Å². The molecule has 4 saturated heterocycles. The van der Waals surface area contributed by atoms with Crippen LogP contribution in [0.5, 0.6) is 5.75 Å². The summed E-state index contributed by atoms with van der Waals surface area (Å²) in [5.74, 6) is 3.26. The lowest BCUT2D eigenvalue weighted by Crippen LogP contribution is -2.43. The first-order valence-corrected chi connectivity index (χ1v) is 44.5. The highest BCUT2D eigenvalue weighted by Crippen LogP contribution is 2.31. The maximum Gasteiger partial charge on any atom is 0.270 e. The highest BCUT2D eigenvalue weighted by atomic mass is 35.5. The Morgan fingerprint density at radius 3 is 0.967 bits per heavy atom. The van der Waals surface area contributed by atoms with Gasteiger partial charge in [0.15, 0.2) is 0 Å². The fourth-order valence-electron chi connectivity index (χ4n) is 17.7. The number of likely N-dealkylation sites (tertiary alicyclic amines) is 4. The number of carbonyl (C=O) groups is 4. The van der Waals surface area contributed by atoms with Crippen molar-refractivity contribution < 1.29 is 28.3 Å². The maximum absolute atomic E-state index is 13.9. The molecule has 0 bridgehead atoms. The minimum Gasteiger partial charge on any atom is -0.497 e. The number of para-hydroxylation sites is 4. The Hall–Kier alpha value is -10.3. The molecule has 8 aromatic carbocycles. The van der Waals surface area contributed by atoms with E-state index < -0.39 is 0 Å². The van der Waals surface area contributed by atoms with E-state index in [0.29, 0.717) is 53.0 Å². The monoisotopic (exact) mass is 1650 g/mol. The SMILES string of the molecule is CC(C)N(CC1CCN(Cc2ccccc2Cl)CC1)C(=O)c1cc2ccccc2[nH]1.CC(C)N(CC1CCN(Cc2ccccc2F)CC1)C(=O)c1cc2ccccc2[nH]1.COc1cccc(CN2CCC(CN(C(=O)c3cc4ccccc4[nH]3)C(C)C)CC2)c1.Cc1cccc(CN2CCC(CN(C(=O)c3cc4ccccc4[nH]3)C(C)C)CC2)c1. The topological polar surface area (TPSA) is 167 Å². The Kier molecular flexibility index (Phi) is 31.0. The number of H-pyrrole nitrogens is 4. The van der Waals surface area contributed by atoms with E-state index >= 15 is 0 Å². The summed E-state index contributed by atoms with van der Waals surface area (Å²) >= 11 is 6.32. The molecule has 0 aliphatic carbocycles. The van der Waals surface area contributed by atoms with Crippen molar-refractivity contribution in [3.05, 3.63) is 280 Å². The first-order chi connectivity index (χ1) is 58.5. The molecular weight excluding hydrogens is 1530 g/mol. The van der Waals surface area contributed by atoms with Gasteiger partial charge in [-0.05, 0) is 279 Å². The minimum absolute atomic E-state index is 0.0648. The number of hydrogen-bond acceptors (Lipinski definition) is 9. The molecule has 16 rings (SSSR count). The highest BCUT2D eigenvalue weighted by molar-refractivity contribution is 6.31. The lowest BCUT2D eigenvalue weighted by atomic mass is 9.95. The Balaban J connectivity index is 0.000000139. The van der Waals surface area contributed by atoms with E-state index in [9.17, 15) is 23.6 Å². The highest BCUT2D eigenvalue weighted by Gasteiger charge is 2.33. The van der Waals surface area contributed by atoms with Gasteiger partial charge in [0.2, 0.25) is 0 Å². The summed E-state index contributed by atoms with van der Waals surface area (Å²) in [5, 5.41) is 5.16. The molecule has 4 aliphatic heterocycles. The lowest BCUT2D eigenvalue weighted by molar-refractivity contribution is 0.0613. The number of hydrogen-bond donors (Lipinski definition) is 4. The molecule has 4 fully saturated rings. The van der Waals surface area contributed by atoms with Gasteiger partial charge in [-0.15, -0.1) is 0 Å². The fourth-order valence-corrected chi connectivity index (χ4v) is 17.9. The van der Waals surface area contributed by atoms with Crippen LogP contribution in [-0.4, -0.2) is 193 Å². The van der Waals surface area contributed by atoms with Gasteiger partial charge in [-0.3, -0.25) is 38.8 Å². The van der Waals surface area contributed by atoms with Crippen molar-refractivity contribution in [1.29, 1.82) is 0 Å². The Bertz CT molecular complexity index is 5050. The summed E-state index contributed by atoms with van der Waals surface area (Å²) < 4.78 is 19.3. The number of benzene rings is 8. The van der Waals surface area contributed by atoms with Crippen LogP contribution < -0.4 is 4.74 Å². The van der Waals surface area contributed by atoms with Crippen LogP contribution >= 0.6 is 11.6 Å². The molecule has 638 valence electrons. The summed E-state index contributed by atoms with van der Waals surface area (Å²) in [6.45, 7) is 34.0. The second kappa shape index (κ2) is 42.4. The third-order valence-corrected chi connectivity index (χ3v) is 25.3. The third kappa shape index (κ3) is 24.1. The standard InChI is InChI=1S/C26H33N3O2.C26H33N3O.C25H30ClN3O.C25H30FN3O/c1-19(2)29(26(30)25-16-22-8-4-5-10-24(22)27-25)18-20-11-13-28(14-12-20)17-21-7-6-9-23(15-21)31-3;1-19(2)29(26(30)25-16-23-9-4-5-10-24(23)27-25)18-21-11-13-28(14-12-21)17-22-8-6-7-20(3)15-22;2*1-18(2)29(25(30)24-15-20-7-4-6-10-23(20)27-24)16-19-11-13-28(14-12-19)17-21-8-3-5-9-22(21)26/h4-10,15-16,19-20,27H,11-14,17-18H2,1-3H3;4-10,15-16,19,21,27H,11-14,17-18H2,1-3H3;2*3-10,15,18-19,27H,11-14,16-17H2,1-2H3. The van der Waals surface area contributed by atoms with Crippen LogP contribution in [-0.2, 0) is 26.2 Å². The van der Waals surface area contributed by atoms with E-state index in [-0.39, 0.29) is 53.6 Å². The van der Waals surface area contributed by atoms with Crippen molar-refractivity contribution in [2.45, 2.75) is 164 Å². The van der Waals surface area contributed by atoms with Crippen molar-refractivity contribution in [3.8, 4) is 5.75 Å². The van der Waals surface area contributed by atoms with E-state index in [0.717, 1.165) is 209 Å². The summed E-state index contributed by atoms with van der Waals surface area (Å²) in [6.07, 6.45) is 8.79. The Morgan fingerprint density at radius 1 is 0.364 bits per heavy atom. The zero-order valence-electron chi connectivity index (χ0n) is 72.7. The van der Waals surface area contributed by atoms with Crippen LogP contribution in [0.4, 0.5) is 4.39 Å². The van der Waals surface area contributed by atoms with Crippen molar-refractivity contribution in [2.24, 2.45) is 23.7 Å². The van der Waals surface area contributed by atoms with E-state index in [1.807, 2.05) is 177 Å². The van der Waals surface area contributed by atoms with Crippen molar-refractivity contribution in [3.63, 3.8) is 0 Å². The summed E-state index contributed by atoms with van der Waals surface area (Å²) in [6, 6.07) is 72.9. The number of aryl methyl sites for hydroxylation is 1. The summed E-state index contributed by atoms with van der Waals surface area (Å²) in [5.41, 5.74) is 12.7. The smallest absolute Gasteiger partial charge is 0.270 e. The largest absolute Gasteiger partial charge is 0.497 e. The van der Waals surface area contributed by atoms with Crippen molar-refractivity contribution in [1.82, 2.24) is 59.1 Å². The Labute approximate surface area is 720 Å². The number of piperidine rings is 4. The van der Waals surface area contributed by atoms with Crippen molar-refractivity contribution in [2.75, 3.05) is 85.6 Å². The number of halogens is 2. The normalized spacial score (nSPS) is 15.7. The molecule has 12 aromatic rings. The lowest BCUT2D eigenvalue weighted by Gasteiger charge is -2.36. The predicted molar refractivity (Wildman–Crippen MR) is 492 cm³/mol. The molecule has 4 N–H and O–H groups in total. The first kappa shape index (κ1) is 88.4. The van der Waals surface area contributed by atoms with Crippen LogP contribution in [0.15, 0.2) is 218 Å². The van der Waals surface area contributed by atoms with E-state index in [1.165, 1.54) is 28.3 Å². The zero-order valence-corrected chi connectivity index (χ0v) is 73.5. The second-order valence-corrected chi connectivity index (χ2v) is 35.6. The molecule has 0 radical (unpaired) electrons. The number of methoxy groups -OCH3 is 1. The minimum atomic E-state index is -0.130. The third-order valence-electron chi connectivity index (χ3n) is 25.0. The van der Waals surface area contributed by atoms with Crippen LogP contribution in [0.25, 0.3) is 43.6 Å². The van der Waals surface area contributed by atoms with Crippen LogP contribution in [0, 0.1) is 36.4 Å².